The fourth-order valence-electron chi connectivity index (χ4n) is 1.73. The fourth-order valence-corrected chi connectivity index (χ4v) is 1.73. The van der Waals surface area contributed by atoms with Gasteiger partial charge in [-0.25, -0.2) is 9.59 Å². The summed E-state index contributed by atoms with van der Waals surface area (Å²) in [7, 11) is 0. The monoisotopic (exact) mass is 265 g/mol. The smallest absolute Gasteiger partial charge is 0.329 e. The van der Waals surface area contributed by atoms with Crippen molar-refractivity contribution < 1.29 is 14.7 Å². The highest BCUT2D eigenvalue weighted by atomic mass is 16.4. The minimum absolute atomic E-state index is 0.331. The first-order chi connectivity index (χ1) is 9.04. The van der Waals surface area contributed by atoms with Gasteiger partial charge in [-0.1, -0.05) is 13.8 Å². The number of carbonyl (C=O) groups is 2. The van der Waals surface area contributed by atoms with Crippen molar-refractivity contribution in [1.82, 2.24) is 15.6 Å². The average Bonchev–Trinajstić information content (AvgIpc) is 2.43. The maximum atomic E-state index is 11.8. The Morgan fingerprint density at radius 1 is 1.26 bits per heavy atom. The number of amides is 2. The van der Waals surface area contributed by atoms with Crippen LogP contribution in [0, 0.1) is 0 Å². The van der Waals surface area contributed by atoms with Gasteiger partial charge in [0.05, 0.1) is 0 Å². The zero-order chi connectivity index (χ0) is 14.3. The molecule has 1 aromatic heterocycles. The molecule has 1 heterocycles. The molecule has 2 amide bonds. The second-order valence-electron chi connectivity index (χ2n) is 4.26. The lowest BCUT2D eigenvalue weighted by Gasteiger charge is -2.28. The lowest BCUT2D eigenvalue weighted by atomic mass is 9.93. The van der Waals surface area contributed by atoms with E-state index in [1.54, 1.807) is 38.4 Å². The van der Waals surface area contributed by atoms with E-state index in [2.05, 4.69) is 15.6 Å². The number of aliphatic carboxylic acids is 1. The Morgan fingerprint density at radius 3 is 2.32 bits per heavy atom. The molecule has 0 saturated carbocycles. The second-order valence-corrected chi connectivity index (χ2v) is 4.26. The highest BCUT2D eigenvalue weighted by Gasteiger charge is 2.36. The quantitative estimate of drug-likeness (QED) is 0.727. The first kappa shape index (κ1) is 14.9. The zero-order valence-electron chi connectivity index (χ0n) is 11.1. The minimum Gasteiger partial charge on any atom is -0.480 e. The van der Waals surface area contributed by atoms with Crippen LogP contribution in [0.1, 0.15) is 32.3 Å². The third-order valence-electron chi connectivity index (χ3n) is 3.17. The van der Waals surface area contributed by atoms with Crippen molar-refractivity contribution in [3.63, 3.8) is 0 Å². The number of nitrogens with one attached hydrogen (secondary N) is 2. The highest BCUT2D eigenvalue weighted by molar-refractivity contribution is 5.86. The SMILES string of the molecule is CCC(CC)(NC(=O)NCc1ccncc1)C(=O)O. The molecule has 0 saturated heterocycles. The van der Waals surface area contributed by atoms with Crippen molar-refractivity contribution in [2.24, 2.45) is 0 Å². The van der Waals surface area contributed by atoms with E-state index in [0.717, 1.165) is 5.56 Å². The number of hydrogen-bond acceptors (Lipinski definition) is 3. The largest absolute Gasteiger partial charge is 0.480 e. The van der Waals surface area contributed by atoms with Crippen LogP contribution in [0.25, 0.3) is 0 Å². The predicted octanol–water partition coefficient (Wildman–Crippen LogP) is 1.52. The number of hydrogen-bond donors (Lipinski definition) is 3. The lowest BCUT2D eigenvalue weighted by molar-refractivity contribution is -0.144. The van der Waals surface area contributed by atoms with Crippen molar-refractivity contribution in [1.29, 1.82) is 0 Å². The summed E-state index contributed by atoms with van der Waals surface area (Å²) in [4.78, 5) is 26.9. The van der Waals surface area contributed by atoms with Gasteiger partial charge >= 0.3 is 12.0 Å². The van der Waals surface area contributed by atoms with Crippen LogP contribution in [-0.4, -0.2) is 27.6 Å². The van der Waals surface area contributed by atoms with Crippen LogP contribution in [0.4, 0.5) is 4.79 Å². The van der Waals surface area contributed by atoms with Gasteiger partial charge in [0, 0.05) is 18.9 Å². The number of rotatable bonds is 6. The van der Waals surface area contributed by atoms with Crippen LogP contribution in [0.3, 0.4) is 0 Å². The van der Waals surface area contributed by atoms with E-state index in [4.69, 9.17) is 0 Å². The fraction of sp³-hybridized carbons (Fsp3) is 0.462. The second kappa shape index (κ2) is 6.72. The third-order valence-corrected chi connectivity index (χ3v) is 3.17. The molecular weight excluding hydrogens is 246 g/mol. The molecule has 0 aliphatic carbocycles. The zero-order valence-corrected chi connectivity index (χ0v) is 11.1. The van der Waals surface area contributed by atoms with Gasteiger partial charge < -0.3 is 15.7 Å². The summed E-state index contributed by atoms with van der Waals surface area (Å²) in [6, 6.07) is 3.08. The molecule has 0 radical (unpaired) electrons. The number of nitrogens with zero attached hydrogens (tertiary/aromatic N) is 1. The minimum atomic E-state index is -1.21. The van der Waals surface area contributed by atoms with Crippen molar-refractivity contribution >= 4 is 12.0 Å². The number of carboxylic acid groups (broad SMARTS) is 1. The molecule has 3 N–H and O–H groups in total. The number of aromatic nitrogens is 1. The first-order valence-corrected chi connectivity index (χ1v) is 6.22. The van der Waals surface area contributed by atoms with Crippen LogP contribution >= 0.6 is 0 Å². The van der Waals surface area contributed by atoms with E-state index in [-0.39, 0.29) is 0 Å². The van der Waals surface area contributed by atoms with E-state index >= 15 is 0 Å². The molecule has 0 aliphatic heterocycles. The van der Waals surface area contributed by atoms with E-state index in [0.29, 0.717) is 19.4 Å². The summed E-state index contributed by atoms with van der Waals surface area (Å²) in [5, 5.41) is 14.4. The molecule has 0 aromatic carbocycles. The summed E-state index contributed by atoms with van der Waals surface area (Å²) in [5.74, 6) is -1.02. The number of carboxylic acids is 1. The standard InChI is InChI=1S/C13H19N3O3/c1-3-13(4-2,11(17)18)16-12(19)15-9-10-5-7-14-8-6-10/h5-8H,3-4,9H2,1-2H3,(H,17,18)(H2,15,16,19). The van der Waals surface area contributed by atoms with Crippen LogP contribution < -0.4 is 10.6 Å². The first-order valence-electron chi connectivity index (χ1n) is 6.22. The number of carbonyl (C=O) groups excluding carboxylic acids is 1. The highest BCUT2D eigenvalue weighted by Crippen LogP contribution is 2.15. The van der Waals surface area contributed by atoms with E-state index in [1.807, 2.05) is 0 Å². The Bertz CT molecular complexity index is 430. The van der Waals surface area contributed by atoms with E-state index in [9.17, 15) is 14.7 Å². The number of pyridine rings is 1. The number of urea groups is 1. The molecule has 6 nitrogen and oxygen atoms in total. The Balaban J connectivity index is 2.57. The Morgan fingerprint density at radius 2 is 1.84 bits per heavy atom. The van der Waals surface area contributed by atoms with Crippen molar-refractivity contribution in [2.75, 3.05) is 0 Å². The van der Waals surface area contributed by atoms with Gasteiger partial charge in [0.2, 0.25) is 0 Å². The maximum Gasteiger partial charge on any atom is 0.329 e. The summed E-state index contributed by atoms with van der Waals surface area (Å²) in [6.07, 6.45) is 3.94. The molecule has 6 heteroatoms. The van der Waals surface area contributed by atoms with E-state index in [1.165, 1.54) is 0 Å². The van der Waals surface area contributed by atoms with Gasteiger partial charge in [-0.2, -0.15) is 0 Å². The average molecular weight is 265 g/mol. The van der Waals surface area contributed by atoms with Crippen molar-refractivity contribution in [3.05, 3.63) is 30.1 Å². The Hall–Kier alpha value is -2.11. The van der Waals surface area contributed by atoms with Crippen molar-refractivity contribution in [3.8, 4) is 0 Å². The van der Waals surface area contributed by atoms with Gasteiger partial charge in [0.25, 0.3) is 0 Å². The molecule has 0 fully saturated rings. The molecule has 0 aliphatic rings. The molecule has 0 bridgehead atoms. The van der Waals surface area contributed by atoms with Gasteiger partial charge in [-0.15, -0.1) is 0 Å². The molecule has 19 heavy (non-hydrogen) atoms. The molecule has 104 valence electrons. The van der Waals surface area contributed by atoms with E-state index < -0.39 is 17.5 Å². The summed E-state index contributed by atoms with van der Waals surface area (Å²) < 4.78 is 0. The predicted molar refractivity (Wildman–Crippen MR) is 70.6 cm³/mol. The molecule has 1 aromatic rings. The van der Waals surface area contributed by atoms with Gasteiger partial charge in [0.1, 0.15) is 5.54 Å². The Labute approximate surface area is 112 Å². The maximum absolute atomic E-state index is 11.8. The van der Waals surface area contributed by atoms with Crippen molar-refractivity contribution in [2.45, 2.75) is 38.8 Å². The van der Waals surface area contributed by atoms with Crippen LogP contribution in [0.5, 0.6) is 0 Å². The normalized spacial score (nSPS) is 10.8. The molecule has 0 unspecified atom stereocenters. The summed E-state index contributed by atoms with van der Waals surface area (Å²) >= 11 is 0. The molecule has 0 atom stereocenters. The lowest BCUT2D eigenvalue weighted by Crippen LogP contribution is -2.56. The molecular formula is C13H19N3O3. The molecule has 0 spiro atoms. The molecule has 1 rings (SSSR count). The van der Waals surface area contributed by atoms with Crippen LogP contribution in [-0.2, 0) is 11.3 Å². The van der Waals surface area contributed by atoms with Gasteiger partial charge in [-0.3, -0.25) is 4.98 Å². The van der Waals surface area contributed by atoms with Crippen LogP contribution in [0.2, 0.25) is 0 Å². The summed E-state index contributed by atoms with van der Waals surface area (Å²) in [5.41, 5.74) is -0.304. The summed E-state index contributed by atoms with van der Waals surface area (Å²) in [6.45, 7) is 3.80. The topological polar surface area (TPSA) is 91.3 Å². The van der Waals surface area contributed by atoms with Gasteiger partial charge in [-0.05, 0) is 30.5 Å². The van der Waals surface area contributed by atoms with Gasteiger partial charge in [0.15, 0.2) is 0 Å². The van der Waals surface area contributed by atoms with Crippen LogP contribution in [0.15, 0.2) is 24.5 Å². The third kappa shape index (κ3) is 3.94. The Kier molecular flexibility index (Phi) is 5.29.